The van der Waals surface area contributed by atoms with Gasteiger partial charge in [0.1, 0.15) is 0 Å². The summed E-state index contributed by atoms with van der Waals surface area (Å²) in [5, 5.41) is 15.4. The highest BCUT2D eigenvalue weighted by Crippen LogP contribution is 2.26. The number of hydrogen-bond donors (Lipinski definition) is 2. The fourth-order valence-corrected chi connectivity index (χ4v) is 3.15. The molecule has 124 valence electrons. The Morgan fingerprint density at radius 3 is 2.71 bits per heavy atom. The predicted octanol–water partition coefficient (Wildman–Crippen LogP) is 4.24. The van der Waals surface area contributed by atoms with Gasteiger partial charge in [-0.15, -0.1) is 11.8 Å². The Hall–Kier alpha value is -2.00. The zero-order valence-electron chi connectivity index (χ0n) is 13.3. The van der Waals surface area contributed by atoms with Crippen molar-refractivity contribution in [2.24, 2.45) is 0 Å². The first-order chi connectivity index (χ1) is 11.6. The third kappa shape index (κ3) is 5.27. The first-order valence-electron chi connectivity index (χ1n) is 7.48. The molecule has 0 bridgehead atoms. The van der Waals surface area contributed by atoms with Gasteiger partial charge in [-0.3, -0.25) is 4.79 Å². The Balaban J connectivity index is 1.92. The zero-order valence-corrected chi connectivity index (χ0v) is 14.8. The lowest BCUT2D eigenvalue weighted by atomic mass is 10.1. The molecule has 24 heavy (non-hydrogen) atoms. The number of para-hydroxylation sites is 1. The molecule has 0 aromatic heterocycles. The highest BCUT2D eigenvalue weighted by atomic mass is 35.5. The highest BCUT2D eigenvalue weighted by molar-refractivity contribution is 7.99. The van der Waals surface area contributed by atoms with Crippen molar-refractivity contribution in [3.05, 3.63) is 59.1 Å². The highest BCUT2D eigenvalue weighted by Gasteiger charge is 2.11. The van der Waals surface area contributed by atoms with Gasteiger partial charge in [-0.2, -0.15) is 5.26 Å². The number of thioether (sulfide) groups is 1. The molecule has 0 heterocycles. The average molecular weight is 360 g/mol. The van der Waals surface area contributed by atoms with Gasteiger partial charge >= 0.3 is 0 Å². The normalized spacial score (nSPS) is 11.5. The molecule has 0 aliphatic rings. The van der Waals surface area contributed by atoms with Crippen molar-refractivity contribution in [3.8, 4) is 6.07 Å². The minimum Gasteiger partial charge on any atom is -0.324 e. The summed E-state index contributed by atoms with van der Waals surface area (Å²) in [4.78, 5) is 13.1. The van der Waals surface area contributed by atoms with Crippen LogP contribution in [-0.4, -0.2) is 18.2 Å². The summed E-state index contributed by atoms with van der Waals surface area (Å²) in [5.41, 5.74) is 1.67. The smallest absolute Gasteiger partial charge is 0.238 e. The molecule has 0 fully saturated rings. The van der Waals surface area contributed by atoms with Crippen molar-refractivity contribution in [2.75, 3.05) is 17.6 Å². The maximum absolute atomic E-state index is 12.2. The van der Waals surface area contributed by atoms with Gasteiger partial charge in [-0.25, -0.2) is 0 Å². The number of anilines is 1. The second-order valence-corrected chi connectivity index (χ2v) is 6.54. The SMILES string of the molecule is C[C@H](NCC(=O)Nc1ccccc1SCC#N)c1ccccc1Cl. The molecular weight excluding hydrogens is 342 g/mol. The average Bonchev–Trinajstić information content (AvgIpc) is 2.59. The minimum absolute atomic E-state index is 0.0346. The minimum atomic E-state index is -0.140. The number of benzene rings is 2. The van der Waals surface area contributed by atoms with Gasteiger partial charge in [0.2, 0.25) is 5.91 Å². The number of rotatable bonds is 7. The summed E-state index contributed by atoms with van der Waals surface area (Å²) in [6, 6.07) is 17.1. The van der Waals surface area contributed by atoms with E-state index in [4.69, 9.17) is 16.9 Å². The number of hydrogen-bond acceptors (Lipinski definition) is 4. The van der Waals surface area contributed by atoms with Crippen LogP contribution in [0.5, 0.6) is 0 Å². The summed E-state index contributed by atoms with van der Waals surface area (Å²) in [7, 11) is 0. The molecule has 2 aromatic carbocycles. The van der Waals surface area contributed by atoms with Crippen LogP contribution in [0.3, 0.4) is 0 Å². The first-order valence-corrected chi connectivity index (χ1v) is 8.84. The number of halogens is 1. The van der Waals surface area contributed by atoms with E-state index in [0.717, 1.165) is 16.1 Å². The molecule has 1 amide bonds. The van der Waals surface area contributed by atoms with E-state index >= 15 is 0 Å². The Morgan fingerprint density at radius 2 is 1.96 bits per heavy atom. The number of carbonyl (C=O) groups is 1. The monoisotopic (exact) mass is 359 g/mol. The third-order valence-corrected chi connectivity index (χ3v) is 4.68. The van der Waals surface area contributed by atoms with Crippen molar-refractivity contribution >= 4 is 35.0 Å². The topological polar surface area (TPSA) is 64.9 Å². The van der Waals surface area contributed by atoms with Crippen molar-refractivity contribution in [1.82, 2.24) is 5.32 Å². The van der Waals surface area contributed by atoms with Crippen molar-refractivity contribution < 1.29 is 4.79 Å². The second kappa shape index (κ2) is 9.33. The fourth-order valence-electron chi connectivity index (χ4n) is 2.18. The van der Waals surface area contributed by atoms with Gasteiger partial charge in [-0.05, 0) is 30.7 Å². The number of nitrogens with one attached hydrogen (secondary N) is 2. The molecule has 0 spiro atoms. The van der Waals surface area contributed by atoms with Crippen LogP contribution < -0.4 is 10.6 Å². The summed E-state index contributed by atoms with van der Waals surface area (Å²) in [5.74, 6) is 0.202. The van der Waals surface area contributed by atoms with Gasteiger partial charge in [0, 0.05) is 16.0 Å². The van der Waals surface area contributed by atoms with Crippen LogP contribution in [0.15, 0.2) is 53.4 Å². The lowest BCUT2D eigenvalue weighted by molar-refractivity contribution is -0.115. The Kier molecular flexibility index (Phi) is 7.13. The van der Waals surface area contributed by atoms with E-state index in [9.17, 15) is 4.79 Å². The molecule has 2 rings (SSSR count). The third-order valence-electron chi connectivity index (χ3n) is 3.39. The molecule has 0 saturated carbocycles. The lowest BCUT2D eigenvalue weighted by Gasteiger charge is -2.16. The molecule has 0 saturated heterocycles. The molecule has 6 heteroatoms. The summed E-state index contributed by atoms with van der Waals surface area (Å²) < 4.78 is 0. The molecule has 0 aliphatic heterocycles. The number of nitriles is 1. The first kappa shape index (κ1) is 18.3. The van der Waals surface area contributed by atoms with Crippen molar-refractivity contribution in [3.63, 3.8) is 0 Å². The molecule has 0 aliphatic carbocycles. The van der Waals surface area contributed by atoms with Crippen molar-refractivity contribution in [2.45, 2.75) is 17.9 Å². The van der Waals surface area contributed by atoms with Crippen LogP contribution in [0.25, 0.3) is 0 Å². The number of amides is 1. The van der Waals surface area contributed by atoms with E-state index in [2.05, 4.69) is 16.7 Å². The van der Waals surface area contributed by atoms with Crippen LogP contribution in [0.1, 0.15) is 18.5 Å². The van der Waals surface area contributed by atoms with Gasteiger partial charge < -0.3 is 10.6 Å². The fraction of sp³-hybridized carbons (Fsp3) is 0.222. The van der Waals surface area contributed by atoms with E-state index in [-0.39, 0.29) is 18.5 Å². The van der Waals surface area contributed by atoms with Crippen LogP contribution in [0, 0.1) is 11.3 Å². The maximum atomic E-state index is 12.2. The van der Waals surface area contributed by atoms with Crippen LogP contribution in [0.2, 0.25) is 5.02 Å². The number of carbonyl (C=O) groups excluding carboxylic acids is 1. The molecule has 1 atom stereocenters. The Bertz CT molecular complexity index is 745. The van der Waals surface area contributed by atoms with Crippen molar-refractivity contribution in [1.29, 1.82) is 5.26 Å². The Labute approximate surface area is 151 Å². The van der Waals surface area contributed by atoms with Gasteiger partial charge in [-0.1, -0.05) is 41.9 Å². The molecule has 0 radical (unpaired) electrons. The predicted molar refractivity (Wildman–Crippen MR) is 99.3 cm³/mol. The van der Waals surface area contributed by atoms with Gasteiger partial charge in [0.25, 0.3) is 0 Å². The summed E-state index contributed by atoms with van der Waals surface area (Å²) in [6.07, 6.45) is 0. The van der Waals surface area contributed by atoms with E-state index in [1.54, 1.807) is 0 Å². The summed E-state index contributed by atoms with van der Waals surface area (Å²) in [6.45, 7) is 2.13. The second-order valence-electron chi connectivity index (χ2n) is 5.12. The Morgan fingerprint density at radius 1 is 1.25 bits per heavy atom. The lowest BCUT2D eigenvalue weighted by Crippen LogP contribution is -2.30. The molecule has 0 unspecified atom stereocenters. The van der Waals surface area contributed by atoms with E-state index in [0.29, 0.717) is 10.8 Å². The van der Waals surface area contributed by atoms with E-state index < -0.39 is 0 Å². The van der Waals surface area contributed by atoms with E-state index in [1.807, 2.05) is 55.5 Å². The standard InChI is InChI=1S/C18H18ClN3OS/c1-13(14-6-2-3-7-15(14)19)21-12-18(23)22-16-8-4-5-9-17(16)24-11-10-20/h2-9,13,21H,11-12H2,1H3,(H,22,23)/t13-/m0/s1. The van der Waals surface area contributed by atoms with Crippen LogP contribution in [0.4, 0.5) is 5.69 Å². The largest absolute Gasteiger partial charge is 0.324 e. The van der Waals surface area contributed by atoms with Crippen LogP contribution in [-0.2, 0) is 4.79 Å². The van der Waals surface area contributed by atoms with Crippen LogP contribution >= 0.6 is 23.4 Å². The zero-order chi connectivity index (χ0) is 17.4. The molecule has 2 aromatic rings. The molecule has 2 N–H and O–H groups in total. The number of nitrogens with zero attached hydrogens (tertiary/aromatic N) is 1. The van der Waals surface area contributed by atoms with Gasteiger partial charge in [0.15, 0.2) is 0 Å². The van der Waals surface area contributed by atoms with Gasteiger partial charge in [0.05, 0.1) is 24.1 Å². The quantitative estimate of drug-likeness (QED) is 0.725. The van der Waals surface area contributed by atoms with E-state index in [1.165, 1.54) is 11.8 Å². The molecular formula is C18H18ClN3OS. The molecule has 4 nitrogen and oxygen atoms in total. The maximum Gasteiger partial charge on any atom is 0.238 e. The summed E-state index contributed by atoms with van der Waals surface area (Å²) >= 11 is 7.56.